The maximum atomic E-state index is 12.2. The zero-order chi connectivity index (χ0) is 11.5. The van der Waals surface area contributed by atoms with Crippen LogP contribution in [0.2, 0.25) is 0 Å². The van der Waals surface area contributed by atoms with E-state index in [1.54, 1.807) is 4.90 Å². The first-order valence-corrected chi connectivity index (χ1v) is 5.81. The Morgan fingerprint density at radius 1 is 1.50 bits per heavy atom. The number of nitriles is 1. The number of carbonyl (C=O) groups is 1. The third kappa shape index (κ3) is 2.18. The van der Waals surface area contributed by atoms with Crippen molar-refractivity contribution in [2.75, 3.05) is 39.8 Å². The quantitative estimate of drug-likeness (QED) is 0.635. The molecule has 0 spiro atoms. The number of nitrogens with one attached hydrogen (secondary N) is 1. The molecule has 2 saturated heterocycles. The average molecular weight is 222 g/mol. The summed E-state index contributed by atoms with van der Waals surface area (Å²) < 4.78 is 0. The molecule has 0 aromatic carbocycles. The zero-order valence-corrected chi connectivity index (χ0v) is 9.65. The second kappa shape index (κ2) is 4.81. The molecular weight excluding hydrogens is 204 g/mol. The number of hydrogen-bond acceptors (Lipinski definition) is 4. The van der Waals surface area contributed by atoms with Crippen molar-refractivity contribution in [3.05, 3.63) is 0 Å². The molecule has 0 radical (unpaired) electrons. The molecule has 2 atom stereocenters. The predicted molar refractivity (Wildman–Crippen MR) is 59.6 cm³/mol. The SMILES string of the molecule is CN1CCC(C(=O)N2CCNCC2C#N)C1. The first kappa shape index (κ1) is 11.4. The second-order valence-electron chi connectivity index (χ2n) is 4.63. The van der Waals surface area contributed by atoms with E-state index < -0.39 is 0 Å². The van der Waals surface area contributed by atoms with Crippen LogP contribution in [0.15, 0.2) is 0 Å². The number of piperazine rings is 1. The average Bonchev–Trinajstić information content (AvgIpc) is 2.75. The molecule has 0 bridgehead atoms. The first-order chi connectivity index (χ1) is 7.72. The van der Waals surface area contributed by atoms with Crippen LogP contribution in [0, 0.1) is 17.2 Å². The van der Waals surface area contributed by atoms with E-state index in [4.69, 9.17) is 5.26 Å². The van der Waals surface area contributed by atoms with Crippen molar-refractivity contribution in [3.63, 3.8) is 0 Å². The molecule has 5 nitrogen and oxygen atoms in total. The highest BCUT2D eigenvalue weighted by atomic mass is 16.2. The number of rotatable bonds is 1. The lowest BCUT2D eigenvalue weighted by molar-refractivity contribution is -0.137. The van der Waals surface area contributed by atoms with Crippen molar-refractivity contribution in [2.24, 2.45) is 5.92 Å². The van der Waals surface area contributed by atoms with Crippen LogP contribution in [0.5, 0.6) is 0 Å². The minimum Gasteiger partial charge on any atom is -0.324 e. The van der Waals surface area contributed by atoms with Crippen molar-refractivity contribution < 1.29 is 4.79 Å². The van der Waals surface area contributed by atoms with E-state index in [0.717, 1.165) is 26.1 Å². The molecule has 2 rings (SSSR count). The lowest BCUT2D eigenvalue weighted by Crippen LogP contribution is -2.54. The fourth-order valence-corrected chi connectivity index (χ4v) is 2.45. The molecule has 16 heavy (non-hydrogen) atoms. The molecule has 2 aliphatic rings. The molecule has 0 aromatic heterocycles. The standard InChI is InChI=1S/C11H18N4O/c1-14-4-2-9(8-14)11(16)15-5-3-13-7-10(15)6-12/h9-10,13H,2-5,7-8H2,1H3. The largest absolute Gasteiger partial charge is 0.324 e. The van der Waals surface area contributed by atoms with Gasteiger partial charge in [-0.05, 0) is 20.0 Å². The molecular formula is C11H18N4O. The number of amides is 1. The molecule has 2 aliphatic heterocycles. The van der Waals surface area contributed by atoms with Gasteiger partial charge in [-0.1, -0.05) is 0 Å². The highest BCUT2D eigenvalue weighted by Gasteiger charge is 2.34. The van der Waals surface area contributed by atoms with Gasteiger partial charge in [-0.2, -0.15) is 5.26 Å². The van der Waals surface area contributed by atoms with Gasteiger partial charge < -0.3 is 15.1 Å². The monoisotopic (exact) mass is 222 g/mol. The fraction of sp³-hybridized carbons (Fsp3) is 0.818. The summed E-state index contributed by atoms with van der Waals surface area (Å²) >= 11 is 0. The number of carbonyl (C=O) groups excluding carboxylic acids is 1. The van der Waals surface area contributed by atoms with Crippen molar-refractivity contribution in [2.45, 2.75) is 12.5 Å². The van der Waals surface area contributed by atoms with E-state index >= 15 is 0 Å². The molecule has 0 saturated carbocycles. The van der Waals surface area contributed by atoms with Gasteiger partial charge in [0, 0.05) is 26.2 Å². The van der Waals surface area contributed by atoms with E-state index in [2.05, 4.69) is 16.3 Å². The molecule has 2 heterocycles. The van der Waals surface area contributed by atoms with Crippen molar-refractivity contribution >= 4 is 5.91 Å². The van der Waals surface area contributed by atoms with Crippen LogP contribution in [0.25, 0.3) is 0 Å². The van der Waals surface area contributed by atoms with E-state index in [9.17, 15) is 4.79 Å². The van der Waals surface area contributed by atoms with Crippen LogP contribution in [0.4, 0.5) is 0 Å². The lowest BCUT2D eigenvalue weighted by Gasteiger charge is -2.33. The Hall–Kier alpha value is -1.12. The molecule has 2 unspecified atom stereocenters. The Kier molecular flexibility index (Phi) is 3.42. The van der Waals surface area contributed by atoms with E-state index in [1.807, 2.05) is 7.05 Å². The summed E-state index contributed by atoms with van der Waals surface area (Å²) in [5.74, 6) is 0.261. The number of hydrogen-bond donors (Lipinski definition) is 1. The minimum atomic E-state index is -0.285. The van der Waals surface area contributed by atoms with Gasteiger partial charge in [-0.15, -0.1) is 0 Å². The zero-order valence-electron chi connectivity index (χ0n) is 9.65. The van der Waals surface area contributed by atoms with Gasteiger partial charge >= 0.3 is 0 Å². The van der Waals surface area contributed by atoms with Crippen LogP contribution in [-0.2, 0) is 4.79 Å². The normalized spacial score (nSPS) is 31.4. The molecule has 0 aromatic rings. The highest BCUT2D eigenvalue weighted by molar-refractivity contribution is 5.80. The Bertz CT molecular complexity index is 312. The van der Waals surface area contributed by atoms with Crippen molar-refractivity contribution in [1.29, 1.82) is 5.26 Å². The minimum absolute atomic E-state index is 0.0962. The Labute approximate surface area is 96.0 Å². The van der Waals surface area contributed by atoms with E-state index in [-0.39, 0.29) is 17.9 Å². The Morgan fingerprint density at radius 2 is 2.31 bits per heavy atom. The van der Waals surface area contributed by atoms with Gasteiger partial charge in [-0.3, -0.25) is 4.79 Å². The fourth-order valence-electron chi connectivity index (χ4n) is 2.45. The summed E-state index contributed by atoms with van der Waals surface area (Å²) in [6, 6.07) is 1.91. The van der Waals surface area contributed by atoms with Crippen LogP contribution < -0.4 is 5.32 Å². The van der Waals surface area contributed by atoms with Crippen LogP contribution >= 0.6 is 0 Å². The first-order valence-electron chi connectivity index (χ1n) is 5.81. The molecule has 2 fully saturated rings. The van der Waals surface area contributed by atoms with Gasteiger partial charge in [0.15, 0.2) is 0 Å². The van der Waals surface area contributed by atoms with Gasteiger partial charge in [0.1, 0.15) is 6.04 Å². The molecule has 1 amide bonds. The lowest BCUT2D eigenvalue weighted by atomic mass is 10.1. The highest BCUT2D eigenvalue weighted by Crippen LogP contribution is 2.19. The second-order valence-corrected chi connectivity index (χ2v) is 4.63. The van der Waals surface area contributed by atoms with Crippen molar-refractivity contribution in [1.82, 2.24) is 15.1 Å². The Morgan fingerprint density at radius 3 is 2.94 bits per heavy atom. The maximum Gasteiger partial charge on any atom is 0.228 e. The van der Waals surface area contributed by atoms with Gasteiger partial charge in [0.25, 0.3) is 0 Å². The summed E-state index contributed by atoms with van der Waals surface area (Å²) in [6.07, 6.45) is 0.928. The van der Waals surface area contributed by atoms with Gasteiger partial charge in [0.2, 0.25) is 5.91 Å². The summed E-state index contributed by atoms with van der Waals surface area (Å²) in [6.45, 7) is 3.88. The number of likely N-dealkylation sites (tertiary alicyclic amines) is 1. The third-order valence-electron chi connectivity index (χ3n) is 3.42. The predicted octanol–water partition coefficient (Wildman–Crippen LogP) is -0.738. The summed E-state index contributed by atoms with van der Waals surface area (Å²) in [7, 11) is 2.03. The molecule has 88 valence electrons. The summed E-state index contributed by atoms with van der Waals surface area (Å²) in [4.78, 5) is 16.2. The number of nitrogens with zero attached hydrogens (tertiary/aromatic N) is 3. The summed E-state index contributed by atoms with van der Waals surface area (Å²) in [5.41, 5.74) is 0. The van der Waals surface area contributed by atoms with Gasteiger partial charge in [-0.25, -0.2) is 0 Å². The van der Waals surface area contributed by atoms with E-state index in [1.165, 1.54) is 0 Å². The van der Waals surface area contributed by atoms with Crippen LogP contribution in [0.1, 0.15) is 6.42 Å². The maximum absolute atomic E-state index is 12.2. The van der Waals surface area contributed by atoms with Gasteiger partial charge in [0.05, 0.1) is 12.0 Å². The summed E-state index contributed by atoms with van der Waals surface area (Å²) in [5, 5.41) is 12.2. The van der Waals surface area contributed by atoms with Crippen molar-refractivity contribution in [3.8, 4) is 6.07 Å². The van der Waals surface area contributed by atoms with Crippen LogP contribution in [0.3, 0.4) is 0 Å². The Balaban J connectivity index is 2.00. The third-order valence-corrected chi connectivity index (χ3v) is 3.42. The molecule has 5 heteroatoms. The topological polar surface area (TPSA) is 59.4 Å². The molecule has 0 aliphatic carbocycles. The van der Waals surface area contributed by atoms with E-state index in [0.29, 0.717) is 13.1 Å². The van der Waals surface area contributed by atoms with Crippen LogP contribution in [-0.4, -0.2) is 61.5 Å². The smallest absolute Gasteiger partial charge is 0.228 e. The molecule has 1 N–H and O–H groups in total.